The number of benzene rings is 1. The summed E-state index contributed by atoms with van der Waals surface area (Å²) in [5.41, 5.74) is 0.995. The van der Waals surface area contributed by atoms with Crippen LogP contribution in [0.15, 0.2) is 18.2 Å². The molecule has 1 fully saturated rings. The van der Waals surface area contributed by atoms with E-state index in [0.717, 1.165) is 38.0 Å². The summed E-state index contributed by atoms with van der Waals surface area (Å²) in [6, 6.07) is 5.22. The van der Waals surface area contributed by atoms with Gasteiger partial charge in [-0.1, -0.05) is 17.7 Å². The molecular formula is C13H19Cl2FN2. The molecule has 2 rings (SSSR count). The minimum atomic E-state index is -0.275. The van der Waals surface area contributed by atoms with Crippen LogP contribution in [0.4, 0.5) is 4.39 Å². The normalized spacial score (nSPS) is 16.7. The minimum absolute atomic E-state index is 0. The van der Waals surface area contributed by atoms with Gasteiger partial charge in [-0.15, -0.1) is 12.4 Å². The van der Waals surface area contributed by atoms with E-state index in [1.54, 1.807) is 6.07 Å². The summed E-state index contributed by atoms with van der Waals surface area (Å²) in [6.45, 7) is 2.93. The Hall–Kier alpha value is -0.350. The summed E-state index contributed by atoms with van der Waals surface area (Å²) in [5, 5.41) is 3.87. The number of rotatable bonds is 3. The molecule has 0 aliphatic carbocycles. The zero-order chi connectivity index (χ0) is 12.3. The SMILES string of the molecule is CN(Cc1ccc(F)cc1Cl)C1CCNCC1.Cl. The molecule has 0 saturated carbocycles. The molecule has 0 amide bonds. The topological polar surface area (TPSA) is 15.3 Å². The van der Waals surface area contributed by atoms with Gasteiger partial charge in [-0.25, -0.2) is 4.39 Å². The molecule has 0 aromatic heterocycles. The first-order valence-corrected chi connectivity index (χ1v) is 6.39. The maximum atomic E-state index is 12.9. The average molecular weight is 293 g/mol. The molecule has 1 N–H and O–H groups in total. The molecule has 0 atom stereocenters. The van der Waals surface area contributed by atoms with Gasteiger partial charge in [0.15, 0.2) is 0 Å². The second-order valence-corrected chi connectivity index (χ2v) is 5.04. The van der Waals surface area contributed by atoms with Crippen molar-refractivity contribution < 1.29 is 4.39 Å². The van der Waals surface area contributed by atoms with Crippen LogP contribution < -0.4 is 5.32 Å². The van der Waals surface area contributed by atoms with Crippen LogP contribution in [-0.2, 0) is 6.54 Å². The van der Waals surface area contributed by atoms with E-state index in [1.807, 2.05) is 0 Å². The second kappa shape index (κ2) is 7.29. The monoisotopic (exact) mass is 292 g/mol. The molecule has 0 unspecified atom stereocenters. The lowest BCUT2D eigenvalue weighted by molar-refractivity contribution is 0.192. The van der Waals surface area contributed by atoms with Gasteiger partial charge in [-0.3, -0.25) is 4.90 Å². The molecule has 1 aromatic rings. The summed E-state index contributed by atoms with van der Waals surface area (Å²) in [6.07, 6.45) is 2.32. The van der Waals surface area contributed by atoms with E-state index in [-0.39, 0.29) is 18.2 Å². The standard InChI is InChI=1S/C13H18ClFN2.ClH/c1-17(12-4-6-16-7-5-12)9-10-2-3-11(15)8-13(10)14;/h2-3,8,12,16H,4-7,9H2,1H3;1H. The van der Waals surface area contributed by atoms with Gasteiger partial charge in [-0.2, -0.15) is 0 Å². The third-order valence-corrected chi connectivity index (χ3v) is 3.72. The van der Waals surface area contributed by atoms with Crippen LogP contribution in [0.5, 0.6) is 0 Å². The summed E-state index contributed by atoms with van der Waals surface area (Å²) in [4.78, 5) is 2.31. The molecule has 102 valence electrons. The number of hydrogen-bond donors (Lipinski definition) is 1. The minimum Gasteiger partial charge on any atom is -0.317 e. The third-order valence-electron chi connectivity index (χ3n) is 3.37. The van der Waals surface area contributed by atoms with E-state index in [2.05, 4.69) is 17.3 Å². The first-order chi connectivity index (χ1) is 8.16. The van der Waals surface area contributed by atoms with Gasteiger partial charge in [0.1, 0.15) is 5.82 Å². The van der Waals surface area contributed by atoms with Gasteiger partial charge in [0, 0.05) is 17.6 Å². The lowest BCUT2D eigenvalue weighted by atomic mass is 10.0. The lowest BCUT2D eigenvalue weighted by Gasteiger charge is -2.31. The van der Waals surface area contributed by atoms with Crippen molar-refractivity contribution >= 4 is 24.0 Å². The van der Waals surface area contributed by atoms with Crippen LogP contribution in [0.1, 0.15) is 18.4 Å². The van der Waals surface area contributed by atoms with Crippen molar-refractivity contribution in [1.29, 1.82) is 0 Å². The van der Waals surface area contributed by atoms with Crippen LogP contribution in [0.3, 0.4) is 0 Å². The zero-order valence-corrected chi connectivity index (χ0v) is 12.0. The number of hydrogen-bond acceptors (Lipinski definition) is 2. The highest BCUT2D eigenvalue weighted by Gasteiger charge is 2.18. The Bertz CT molecular complexity index is 381. The first-order valence-electron chi connectivity index (χ1n) is 6.01. The molecule has 0 bridgehead atoms. The fourth-order valence-electron chi connectivity index (χ4n) is 2.30. The fraction of sp³-hybridized carbons (Fsp3) is 0.538. The lowest BCUT2D eigenvalue weighted by Crippen LogP contribution is -2.40. The molecule has 1 saturated heterocycles. The van der Waals surface area contributed by atoms with Crippen molar-refractivity contribution in [3.8, 4) is 0 Å². The summed E-state index contributed by atoms with van der Waals surface area (Å²) < 4.78 is 12.9. The number of piperidine rings is 1. The van der Waals surface area contributed by atoms with E-state index in [0.29, 0.717) is 11.1 Å². The van der Waals surface area contributed by atoms with Crippen LogP contribution in [0.2, 0.25) is 5.02 Å². The predicted molar refractivity (Wildman–Crippen MR) is 76.0 cm³/mol. The van der Waals surface area contributed by atoms with E-state index in [9.17, 15) is 4.39 Å². The first kappa shape index (κ1) is 15.7. The summed E-state index contributed by atoms with van der Waals surface area (Å²) >= 11 is 6.03. The second-order valence-electron chi connectivity index (χ2n) is 4.63. The molecule has 18 heavy (non-hydrogen) atoms. The van der Waals surface area contributed by atoms with Gasteiger partial charge in [-0.05, 0) is 50.7 Å². The van der Waals surface area contributed by atoms with Gasteiger partial charge < -0.3 is 5.32 Å². The van der Waals surface area contributed by atoms with E-state index < -0.39 is 0 Å². The smallest absolute Gasteiger partial charge is 0.124 e. The molecular weight excluding hydrogens is 274 g/mol. The summed E-state index contributed by atoms with van der Waals surface area (Å²) in [5.74, 6) is -0.275. The maximum Gasteiger partial charge on any atom is 0.124 e. The molecule has 1 aliphatic heterocycles. The van der Waals surface area contributed by atoms with Crippen molar-refractivity contribution in [2.75, 3.05) is 20.1 Å². The zero-order valence-electron chi connectivity index (χ0n) is 10.5. The van der Waals surface area contributed by atoms with Crippen LogP contribution in [0, 0.1) is 5.82 Å². The average Bonchev–Trinajstić information content (AvgIpc) is 2.34. The summed E-state index contributed by atoms with van der Waals surface area (Å²) in [7, 11) is 2.11. The Balaban J connectivity index is 0.00000162. The van der Waals surface area contributed by atoms with E-state index in [4.69, 9.17) is 11.6 Å². The number of nitrogens with one attached hydrogen (secondary N) is 1. The molecule has 2 nitrogen and oxygen atoms in total. The highest BCUT2D eigenvalue weighted by atomic mass is 35.5. The van der Waals surface area contributed by atoms with Crippen molar-refractivity contribution in [2.24, 2.45) is 0 Å². The van der Waals surface area contributed by atoms with Crippen molar-refractivity contribution in [3.63, 3.8) is 0 Å². The maximum absolute atomic E-state index is 12.9. The molecule has 0 spiro atoms. The molecule has 0 radical (unpaired) electrons. The highest BCUT2D eigenvalue weighted by Crippen LogP contribution is 2.21. The third kappa shape index (κ3) is 4.09. The number of halogens is 3. The Morgan fingerprint density at radius 3 is 2.67 bits per heavy atom. The van der Waals surface area contributed by atoms with Gasteiger partial charge >= 0.3 is 0 Å². The number of nitrogens with zero attached hydrogens (tertiary/aromatic N) is 1. The predicted octanol–water partition coefficient (Wildman–Crippen LogP) is 3.08. The molecule has 5 heteroatoms. The largest absolute Gasteiger partial charge is 0.317 e. The molecule has 1 aromatic carbocycles. The Kier molecular flexibility index (Phi) is 6.36. The van der Waals surface area contributed by atoms with Crippen LogP contribution in [-0.4, -0.2) is 31.1 Å². The van der Waals surface area contributed by atoms with Gasteiger partial charge in [0.2, 0.25) is 0 Å². The van der Waals surface area contributed by atoms with Crippen LogP contribution >= 0.6 is 24.0 Å². The molecule has 1 aliphatic rings. The van der Waals surface area contributed by atoms with Gasteiger partial charge in [0.05, 0.1) is 0 Å². The quantitative estimate of drug-likeness (QED) is 0.921. The van der Waals surface area contributed by atoms with Crippen LogP contribution in [0.25, 0.3) is 0 Å². The highest BCUT2D eigenvalue weighted by molar-refractivity contribution is 6.31. The van der Waals surface area contributed by atoms with E-state index in [1.165, 1.54) is 12.1 Å². The Morgan fingerprint density at radius 1 is 1.39 bits per heavy atom. The van der Waals surface area contributed by atoms with E-state index >= 15 is 0 Å². The van der Waals surface area contributed by atoms with Crippen molar-refractivity contribution in [1.82, 2.24) is 10.2 Å². The Morgan fingerprint density at radius 2 is 2.06 bits per heavy atom. The van der Waals surface area contributed by atoms with Crippen molar-refractivity contribution in [3.05, 3.63) is 34.6 Å². The van der Waals surface area contributed by atoms with Crippen molar-refractivity contribution in [2.45, 2.75) is 25.4 Å². The fourth-order valence-corrected chi connectivity index (χ4v) is 2.52. The molecule has 1 heterocycles. The van der Waals surface area contributed by atoms with Gasteiger partial charge in [0.25, 0.3) is 0 Å². The Labute approximate surface area is 119 Å².